The van der Waals surface area contributed by atoms with E-state index in [1.165, 1.54) is 0 Å². The summed E-state index contributed by atoms with van der Waals surface area (Å²) in [4.78, 5) is 15.3. The van der Waals surface area contributed by atoms with Crippen LogP contribution in [0.15, 0.2) is 15.9 Å². The fourth-order valence-electron chi connectivity index (χ4n) is 2.24. The summed E-state index contributed by atoms with van der Waals surface area (Å²) in [7, 11) is 0. The molecule has 0 saturated carbocycles. The van der Waals surface area contributed by atoms with Gasteiger partial charge in [-0.1, -0.05) is 0 Å². The summed E-state index contributed by atoms with van der Waals surface area (Å²) in [6, 6.07) is 4.79. The molecule has 1 saturated heterocycles. The van der Waals surface area contributed by atoms with Crippen molar-refractivity contribution < 1.29 is 4.79 Å². The number of piperazine rings is 1. The Balaban J connectivity index is 1.95. The van der Waals surface area contributed by atoms with Crippen LogP contribution < -0.4 is 5.32 Å². The summed E-state index contributed by atoms with van der Waals surface area (Å²) in [5, 5.41) is 3.43. The monoisotopic (exact) mass is 316 g/mol. The Morgan fingerprint density at radius 3 is 2.65 bits per heavy atom. The quantitative estimate of drug-likeness (QED) is 0.907. The summed E-state index contributed by atoms with van der Waals surface area (Å²) in [6.07, 6.45) is 0.524. The van der Waals surface area contributed by atoms with E-state index in [1.54, 1.807) is 11.3 Å². The van der Waals surface area contributed by atoms with Crippen molar-refractivity contribution in [3.05, 3.63) is 20.8 Å². The SMILES string of the molecule is C[C@@H]1CN(C(=O)Cc2ccc(Br)s2)C[C@H](C)N1. The number of hydrogen-bond acceptors (Lipinski definition) is 3. The average Bonchev–Trinajstić information content (AvgIpc) is 2.62. The van der Waals surface area contributed by atoms with Gasteiger partial charge in [0.05, 0.1) is 10.2 Å². The molecule has 1 aromatic heterocycles. The summed E-state index contributed by atoms with van der Waals surface area (Å²) in [6.45, 7) is 5.88. The molecule has 2 heterocycles. The zero-order chi connectivity index (χ0) is 12.4. The molecular formula is C12H17BrN2OS. The van der Waals surface area contributed by atoms with Crippen LogP contribution in [0.3, 0.4) is 0 Å². The van der Waals surface area contributed by atoms with E-state index in [-0.39, 0.29) is 5.91 Å². The highest BCUT2D eigenvalue weighted by molar-refractivity contribution is 9.11. The molecule has 1 aliphatic rings. The van der Waals surface area contributed by atoms with E-state index in [1.807, 2.05) is 17.0 Å². The van der Waals surface area contributed by atoms with E-state index in [4.69, 9.17) is 0 Å². The maximum atomic E-state index is 12.2. The van der Waals surface area contributed by atoms with Gasteiger partial charge in [-0.2, -0.15) is 0 Å². The third-order valence-electron chi connectivity index (χ3n) is 2.86. The minimum absolute atomic E-state index is 0.236. The highest BCUT2D eigenvalue weighted by Gasteiger charge is 2.24. The Labute approximate surface area is 114 Å². The van der Waals surface area contributed by atoms with Gasteiger partial charge in [0.1, 0.15) is 0 Å². The Hall–Kier alpha value is -0.390. The Kier molecular flexibility index (Phi) is 4.22. The van der Waals surface area contributed by atoms with E-state index in [9.17, 15) is 4.79 Å². The lowest BCUT2D eigenvalue weighted by atomic mass is 10.1. The van der Waals surface area contributed by atoms with Crippen LogP contribution in [0.1, 0.15) is 18.7 Å². The maximum Gasteiger partial charge on any atom is 0.227 e. The molecule has 17 heavy (non-hydrogen) atoms. The van der Waals surface area contributed by atoms with Gasteiger partial charge >= 0.3 is 0 Å². The fraction of sp³-hybridized carbons (Fsp3) is 0.583. The van der Waals surface area contributed by atoms with Crippen molar-refractivity contribution in [3.63, 3.8) is 0 Å². The number of amides is 1. The highest BCUT2D eigenvalue weighted by atomic mass is 79.9. The number of halogens is 1. The molecule has 0 unspecified atom stereocenters. The van der Waals surface area contributed by atoms with Crippen molar-refractivity contribution >= 4 is 33.2 Å². The Morgan fingerprint density at radius 1 is 1.47 bits per heavy atom. The van der Waals surface area contributed by atoms with E-state index in [2.05, 4.69) is 35.1 Å². The molecule has 0 spiro atoms. The number of carbonyl (C=O) groups is 1. The van der Waals surface area contributed by atoms with Gasteiger partial charge in [-0.15, -0.1) is 11.3 Å². The fourth-order valence-corrected chi connectivity index (χ4v) is 3.71. The van der Waals surface area contributed by atoms with Crippen molar-refractivity contribution in [2.45, 2.75) is 32.4 Å². The van der Waals surface area contributed by atoms with Crippen LogP contribution in [0.25, 0.3) is 0 Å². The van der Waals surface area contributed by atoms with Crippen molar-refractivity contribution in [2.75, 3.05) is 13.1 Å². The van der Waals surface area contributed by atoms with Crippen molar-refractivity contribution in [2.24, 2.45) is 0 Å². The van der Waals surface area contributed by atoms with E-state index in [0.29, 0.717) is 18.5 Å². The molecule has 2 rings (SSSR count). The zero-order valence-electron chi connectivity index (χ0n) is 10.1. The third-order valence-corrected chi connectivity index (χ3v) is 4.49. The Morgan fingerprint density at radius 2 is 2.12 bits per heavy atom. The standard InChI is InChI=1S/C12H17BrN2OS/c1-8-6-15(7-9(2)14-8)12(16)5-10-3-4-11(13)17-10/h3-4,8-9,14H,5-7H2,1-2H3/t8-,9+. The third kappa shape index (κ3) is 3.53. The average molecular weight is 317 g/mol. The molecule has 0 bridgehead atoms. The highest BCUT2D eigenvalue weighted by Crippen LogP contribution is 2.23. The minimum Gasteiger partial charge on any atom is -0.339 e. The molecule has 0 aliphatic carbocycles. The summed E-state index contributed by atoms with van der Waals surface area (Å²) in [5.41, 5.74) is 0. The topological polar surface area (TPSA) is 32.3 Å². The number of rotatable bonds is 2. The lowest BCUT2D eigenvalue weighted by Gasteiger charge is -2.36. The van der Waals surface area contributed by atoms with E-state index in [0.717, 1.165) is 21.8 Å². The first-order valence-corrected chi connectivity index (χ1v) is 7.43. The molecule has 0 aromatic carbocycles. The summed E-state index contributed by atoms with van der Waals surface area (Å²) in [5.74, 6) is 0.236. The largest absolute Gasteiger partial charge is 0.339 e. The molecule has 3 nitrogen and oxygen atoms in total. The molecule has 1 fully saturated rings. The minimum atomic E-state index is 0.236. The second kappa shape index (κ2) is 5.50. The van der Waals surface area contributed by atoms with E-state index < -0.39 is 0 Å². The zero-order valence-corrected chi connectivity index (χ0v) is 12.5. The van der Waals surface area contributed by atoms with Gasteiger partial charge in [-0.3, -0.25) is 4.79 Å². The van der Waals surface area contributed by atoms with Crippen LogP contribution in [0.2, 0.25) is 0 Å². The number of carbonyl (C=O) groups excluding carboxylic acids is 1. The number of nitrogens with one attached hydrogen (secondary N) is 1. The molecule has 1 aliphatic heterocycles. The second-order valence-corrected chi connectivity index (χ2v) is 7.20. The van der Waals surface area contributed by atoms with Crippen LogP contribution in [0, 0.1) is 0 Å². The number of nitrogens with zero attached hydrogens (tertiary/aromatic N) is 1. The molecule has 2 atom stereocenters. The molecule has 94 valence electrons. The first-order valence-electron chi connectivity index (χ1n) is 5.82. The van der Waals surface area contributed by atoms with Crippen molar-refractivity contribution in [1.82, 2.24) is 10.2 Å². The molecule has 5 heteroatoms. The van der Waals surface area contributed by atoms with Crippen LogP contribution >= 0.6 is 27.3 Å². The summed E-state index contributed by atoms with van der Waals surface area (Å²) < 4.78 is 1.09. The van der Waals surface area contributed by atoms with Gasteiger partial charge < -0.3 is 10.2 Å². The first-order chi connectivity index (χ1) is 8.04. The van der Waals surface area contributed by atoms with Crippen LogP contribution in [0.5, 0.6) is 0 Å². The van der Waals surface area contributed by atoms with Crippen LogP contribution in [0.4, 0.5) is 0 Å². The van der Waals surface area contributed by atoms with Gasteiger partial charge in [0.25, 0.3) is 0 Å². The molecule has 1 amide bonds. The van der Waals surface area contributed by atoms with E-state index >= 15 is 0 Å². The molecule has 0 radical (unpaired) electrons. The number of hydrogen-bond donors (Lipinski definition) is 1. The van der Waals surface area contributed by atoms with Gasteiger partial charge in [0.15, 0.2) is 0 Å². The lowest BCUT2D eigenvalue weighted by Crippen LogP contribution is -2.56. The normalized spacial score (nSPS) is 25.0. The van der Waals surface area contributed by atoms with Gasteiger partial charge in [-0.05, 0) is 41.9 Å². The van der Waals surface area contributed by atoms with Gasteiger partial charge in [-0.25, -0.2) is 0 Å². The predicted molar refractivity (Wildman–Crippen MR) is 74.4 cm³/mol. The Bertz CT molecular complexity index is 397. The van der Waals surface area contributed by atoms with Crippen molar-refractivity contribution in [3.8, 4) is 0 Å². The summed E-state index contributed by atoms with van der Waals surface area (Å²) >= 11 is 5.06. The molecular weight excluding hydrogens is 300 g/mol. The predicted octanol–water partition coefficient (Wildman–Crippen LogP) is 2.26. The van der Waals surface area contributed by atoms with Crippen LogP contribution in [-0.4, -0.2) is 36.0 Å². The molecule has 1 N–H and O–H groups in total. The van der Waals surface area contributed by atoms with Gasteiger partial charge in [0, 0.05) is 30.1 Å². The molecule has 1 aromatic rings. The maximum absolute atomic E-state index is 12.2. The number of thiophene rings is 1. The smallest absolute Gasteiger partial charge is 0.227 e. The second-order valence-electron chi connectivity index (χ2n) is 4.65. The first kappa shape index (κ1) is 13.1. The van der Waals surface area contributed by atoms with Crippen LogP contribution in [-0.2, 0) is 11.2 Å². The van der Waals surface area contributed by atoms with Crippen molar-refractivity contribution in [1.29, 1.82) is 0 Å². The van der Waals surface area contributed by atoms with Gasteiger partial charge in [0.2, 0.25) is 5.91 Å². The lowest BCUT2D eigenvalue weighted by molar-refractivity contribution is -0.132.